The monoisotopic (exact) mass is 443 g/mol. The molecule has 32 heavy (non-hydrogen) atoms. The second-order valence-corrected chi connectivity index (χ2v) is 9.46. The van der Waals surface area contributed by atoms with Crippen LogP contribution >= 0.6 is 11.8 Å². The molecule has 3 atom stereocenters. The van der Waals surface area contributed by atoms with Gasteiger partial charge in [0.25, 0.3) is 5.91 Å². The fraction of sp³-hybridized carbons (Fsp3) is 0.240. The molecule has 3 aliphatic heterocycles. The van der Waals surface area contributed by atoms with Crippen LogP contribution in [0.15, 0.2) is 77.7 Å². The number of piperazine rings is 1. The Morgan fingerprint density at radius 1 is 0.938 bits per heavy atom. The van der Waals surface area contributed by atoms with Crippen molar-refractivity contribution in [2.75, 3.05) is 17.2 Å². The minimum Gasteiger partial charge on any atom is -0.334 e. The quantitative estimate of drug-likeness (QED) is 0.455. The maximum Gasteiger partial charge on any atom is 0.332 e. The number of urea groups is 1. The largest absolute Gasteiger partial charge is 0.334 e. The van der Waals surface area contributed by atoms with Gasteiger partial charge in [-0.05, 0) is 30.0 Å². The number of thioether (sulfide) groups is 1. The number of benzene rings is 3. The third kappa shape index (κ3) is 2.84. The Balaban J connectivity index is 1.25. The average Bonchev–Trinajstić information content (AvgIpc) is 3.49. The minimum atomic E-state index is -0.592. The van der Waals surface area contributed by atoms with Crippen molar-refractivity contribution in [2.24, 2.45) is 0 Å². The van der Waals surface area contributed by atoms with E-state index in [9.17, 15) is 14.4 Å². The first-order valence-electron chi connectivity index (χ1n) is 10.7. The van der Waals surface area contributed by atoms with Crippen molar-refractivity contribution in [1.29, 1.82) is 0 Å². The van der Waals surface area contributed by atoms with Crippen LogP contribution < -0.4 is 4.90 Å². The number of nitrogens with zero attached hydrogens (tertiary/aromatic N) is 3. The van der Waals surface area contributed by atoms with Crippen molar-refractivity contribution < 1.29 is 14.4 Å². The van der Waals surface area contributed by atoms with Gasteiger partial charge in [0.15, 0.2) is 0 Å². The second-order valence-electron chi connectivity index (χ2n) is 8.41. The molecule has 0 N–H and O–H groups in total. The van der Waals surface area contributed by atoms with Gasteiger partial charge in [0.05, 0.1) is 23.5 Å². The normalized spacial score (nSPS) is 24.0. The van der Waals surface area contributed by atoms with E-state index in [4.69, 9.17) is 0 Å². The maximum atomic E-state index is 13.5. The van der Waals surface area contributed by atoms with E-state index in [1.165, 1.54) is 16.7 Å². The molecule has 2 bridgehead atoms. The lowest BCUT2D eigenvalue weighted by molar-refractivity contribution is -0.133. The predicted octanol–water partition coefficient (Wildman–Crippen LogP) is 3.75. The van der Waals surface area contributed by atoms with Crippen LogP contribution in [0, 0.1) is 0 Å². The molecule has 0 saturated carbocycles. The first kappa shape index (κ1) is 19.4. The number of amides is 4. The predicted molar refractivity (Wildman–Crippen MR) is 124 cm³/mol. The molecule has 3 aromatic carbocycles. The van der Waals surface area contributed by atoms with E-state index < -0.39 is 6.04 Å². The highest BCUT2D eigenvalue weighted by Gasteiger charge is 2.62. The smallest absolute Gasteiger partial charge is 0.332 e. The number of fused-ring (bicyclic) bond motifs is 6. The van der Waals surface area contributed by atoms with Crippen LogP contribution in [-0.4, -0.2) is 58.1 Å². The van der Waals surface area contributed by atoms with Gasteiger partial charge in [-0.1, -0.05) is 54.6 Å². The summed E-state index contributed by atoms with van der Waals surface area (Å²) in [6, 6.07) is 22.0. The third-order valence-corrected chi connectivity index (χ3v) is 7.69. The lowest BCUT2D eigenvalue weighted by atomic mass is 10.1. The summed E-state index contributed by atoms with van der Waals surface area (Å²) < 4.78 is 0. The number of rotatable bonds is 4. The first-order chi connectivity index (χ1) is 15.6. The zero-order chi connectivity index (χ0) is 21.8. The van der Waals surface area contributed by atoms with Crippen LogP contribution in [0.2, 0.25) is 0 Å². The molecule has 0 aromatic heterocycles. The highest BCUT2D eigenvalue weighted by molar-refractivity contribution is 8.00. The molecule has 160 valence electrons. The van der Waals surface area contributed by atoms with E-state index in [0.717, 1.165) is 15.7 Å². The van der Waals surface area contributed by atoms with Gasteiger partial charge in [0.2, 0.25) is 5.91 Å². The molecule has 0 radical (unpaired) electrons. The Hall–Kier alpha value is -3.32. The van der Waals surface area contributed by atoms with Crippen LogP contribution in [-0.2, 0) is 9.59 Å². The first-order valence-corrected chi connectivity index (χ1v) is 11.7. The summed E-state index contributed by atoms with van der Waals surface area (Å²) in [5.74, 6) is 0.122. The fourth-order valence-electron chi connectivity index (χ4n) is 5.31. The summed E-state index contributed by atoms with van der Waals surface area (Å²) in [7, 11) is 0. The summed E-state index contributed by atoms with van der Waals surface area (Å²) in [6.45, 7) is 0.498. The highest BCUT2D eigenvalue weighted by Crippen LogP contribution is 2.43. The van der Waals surface area contributed by atoms with E-state index in [0.29, 0.717) is 24.4 Å². The molecule has 0 aliphatic carbocycles. The average molecular weight is 444 g/mol. The number of hydrogen-bond donors (Lipinski definition) is 0. The third-order valence-electron chi connectivity index (χ3n) is 6.70. The minimum absolute atomic E-state index is 0.0230. The summed E-state index contributed by atoms with van der Waals surface area (Å²) in [4.78, 5) is 45.7. The van der Waals surface area contributed by atoms with E-state index in [2.05, 4.69) is 0 Å². The number of carbonyl (C=O) groups excluding carboxylic acids is 3. The molecule has 6 rings (SSSR count). The molecular weight excluding hydrogens is 422 g/mol. The zero-order valence-electron chi connectivity index (χ0n) is 17.3. The molecule has 6 nitrogen and oxygen atoms in total. The van der Waals surface area contributed by atoms with E-state index in [-0.39, 0.29) is 29.9 Å². The Bertz CT molecular complexity index is 1240. The van der Waals surface area contributed by atoms with Gasteiger partial charge in [0.1, 0.15) is 6.04 Å². The Morgan fingerprint density at radius 2 is 1.69 bits per heavy atom. The molecule has 7 heteroatoms. The number of anilines is 1. The summed E-state index contributed by atoms with van der Waals surface area (Å²) in [5, 5.41) is 1.85. The van der Waals surface area contributed by atoms with Crippen molar-refractivity contribution in [3.63, 3.8) is 0 Å². The van der Waals surface area contributed by atoms with E-state index in [1.54, 1.807) is 4.90 Å². The molecule has 4 amide bonds. The molecule has 3 heterocycles. The van der Waals surface area contributed by atoms with Crippen molar-refractivity contribution in [3.05, 3.63) is 72.8 Å². The van der Waals surface area contributed by atoms with Gasteiger partial charge in [0, 0.05) is 16.8 Å². The van der Waals surface area contributed by atoms with Crippen LogP contribution in [0.4, 0.5) is 10.5 Å². The molecule has 3 aromatic rings. The Labute approximate surface area is 189 Å². The summed E-state index contributed by atoms with van der Waals surface area (Å²) in [5.41, 5.74) is 0.615. The van der Waals surface area contributed by atoms with E-state index in [1.807, 2.05) is 77.7 Å². The van der Waals surface area contributed by atoms with Crippen LogP contribution in [0.5, 0.6) is 0 Å². The number of likely N-dealkylation sites (tertiary alicyclic amines) is 1. The molecule has 3 unspecified atom stereocenters. The van der Waals surface area contributed by atoms with Gasteiger partial charge < -0.3 is 9.80 Å². The highest BCUT2D eigenvalue weighted by atomic mass is 32.2. The molecule has 3 fully saturated rings. The molecule has 3 aliphatic rings. The van der Waals surface area contributed by atoms with Gasteiger partial charge in [-0.25, -0.2) is 9.69 Å². The zero-order valence-corrected chi connectivity index (χ0v) is 18.1. The SMILES string of the molecule is O=C1C2C3CC(CN3C(=O)CSc3ccccc3)N2C(=O)N1c1cccc2ccccc12. The van der Waals surface area contributed by atoms with Gasteiger partial charge in [-0.15, -0.1) is 11.8 Å². The summed E-state index contributed by atoms with van der Waals surface area (Å²) >= 11 is 1.50. The number of carbonyl (C=O) groups is 3. The number of hydrogen-bond acceptors (Lipinski definition) is 4. The van der Waals surface area contributed by atoms with Crippen LogP contribution in [0.1, 0.15) is 6.42 Å². The lowest BCUT2D eigenvalue weighted by Crippen LogP contribution is -2.55. The lowest BCUT2D eigenvalue weighted by Gasteiger charge is -2.34. The maximum absolute atomic E-state index is 13.5. The number of imide groups is 1. The van der Waals surface area contributed by atoms with Crippen molar-refractivity contribution >= 4 is 46.1 Å². The van der Waals surface area contributed by atoms with Crippen molar-refractivity contribution in [1.82, 2.24) is 9.80 Å². The molecule has 3 saturated heterocycles. The van der Waals surface area contributed by atoms with Crippen molar-refractivity contribution in [2.45, 2.75) is 29.4 Å². The van der Waals surface area contributed by atoms with Gasteiger partial charge >= 0.3 is 6.03 Å². The van der Waals surface area contributed by atoms with Gasteiger partial charge in [-0.2, -0.15) is 0 Å². The van der Waals surface area contributed by atoms with E-state index >= 15 is 0 Å². The van der Waals surface area contributed by atoms with Crippen LogP contribution in [0.25, 0.3) is 10.8 Å². The topological polar surface area (TPSA) is 60.9 Å². The fourth-order valence-corrected chi connectivity index (χ4v) is 6.12. The van der Waals surface area contributed by atoms with Gasteiger partial charge in [-0.3, -0.25) is 9.59 Å². The standard InChI is InChI=1S/C25H21N3O3S/c29-22(15-32-18-9-2-1-3-10-18)26-14-17-13-21(26)23-24(30)28(25(31)27(17)23)20-12-6-8-16-7-4-5-11-19(16)20/h1-12,17,21,23H,13-15H2. The summed E-state index contributed by atoms with van der Waals surface area (Å²) in [6.07, 6.45) is 0.674. The van der Waals surface area contributed by atoms with Crippen molar-refractivity contribution in [3.8, 4) is 0 Å². The van der Waals surface area contributed by atoms with Crippen LogP contribution in [0.3, 0.4) is 0 Å². The second kappa shape index (κ2) is 7.38. The Kier molecular flexibility index (Phi) is 4.47. The molecule has 0 spiro atoms. The molecular formula is C25H21N3O3S. The Morgan fingerprint density at radius 3 is 2.53 bits per heavy atom.